The lowest BCUT2D eigenvalue weighted by molar-refractivity contribution is 0.0660. The van der Waals surface area contributed by atoms with Crippen LogP contribution in [0.5, 0.6) is 5.75 Å². The second-order valence-corrected chi connectivity index (χ2v) is 7.81. The van der Waals surface area contributed by atoms with Gasteiger partial charge in [0.2, 0.25) is 5.90 Å². The smallest absolute Gasteiger partial charge is 0.273 e. The van der Waals surface area contributed by atoms with Crippen molar-refractivity contribution in [3.63, 3.8) is 0 Å². The van der Waals surface area contributed by atoms with Gasteiger partial charge in [-0.25, -0.2) is 9.37 Å². The van der Waals surface area contributed by atoms with Crippen LogP contribution < -0.4 is 0 Å². The molecule has 33 heavy (non-hydrogen) atoms. The van der Waals surface area contributed by atoms with Crippen molar-refractivity contribution in [1.29, 1.82) is 10.8 Å². The summed E-state index contributed by atoms with van der Waals surface area (Å²) < 4.78 is 18.4. The van der Waals surface area contributed by atoms with Gasteiger partial charge < -0.3 is 19.6 Å². The summed E-state index contributed by atoms with van der Waals surface area (Å²) in [5.41, 5.74) is 0.535. The molecule has 1 aliphatic rings. The third-order valence-electron chi connectivity index (χ3n) is 5.45. The number of nitrogens with zero attached hydrogens (tertiary/aromatic N) is 4. The highest BCUT2D eigenvalue weighted by atomic mass is 19.1. The van der Waals surface area contributed by atoms with Gasteiger partial charge in [0.1, 0.15) is 17.0 Å². The Bertz CT molecular complexity index is 1220. The van der Waals surface area contributed by atoms with Crippen molar-refractivity contribution in [3.05, 3.63) is 65.4 Å². The number of hydrogen-bond acceptors (Lipinski definition) is 8. The summed E-state index contributed by atoms with van der Waals surface area (Å²) in [4.78, 5) is 25.5. The maximum absolute atomic E-state index is 13.2. The Morgan fingerprint density at radius 2 is 1.82 bits per heavy atom. The summed E-state index contributed by atoms with van der Waals surface area (Å²) in [6.45, 7) is 2.52. The molecule has 1 saturated heterocycles. The van der Waals surface area contributed by atoms with Gasteiger partial charge in [0.15, 0.2) is 17.3 Å². The van der Waals surface area contributed by atoms with E-state index < -0.39 is 17.5 Å². The standard InChI is InChI=1S/C23H23FN6O3/c1-29-9-11-30(12-10-29)23(32)19-16-3-2-8-27-18(16)21(31)20(28-19)22(26)33-17(25)13-14-4-6-15(24)7-5-14/h2-8,25-26,31H,9-13H2,1H3. The molecule has 4 rings (SSSR count). The first kappa shape index (κ1) is 22.3. The molecule has 0 spiro atoms. The van der Waals surface area contributed by atoms with Crippen LogP contribution >= 0.6 is 0 Å². The molecule has 3 N–H and O–H groups in total. The highest BCUT2D eigenvalue weighted by Crippen LogP contribution is 2.29. The molecular weight excluding hydrogens is 427 g/mol. The van der Waals surface area contributed by atoms with E-state index in [-0.39, 0.29) is 35.1 Å². The SMILES string of the molecule is CN1CCN(C(=O)c2nc(C(=N)OC(=N)Cc3ccc(F)cc3)c(O)c3ncccc23)CC1. The van der Waals surface area contributed by atoms with E-state index >= 15 is 0 Å². The van der Waals surface area contributed by atoms with Crippen molar-refractivity contribution in [3.8, 4) is 5.75 Å². The number of likely N-dealkylation sites (N-methyl/N-ethyl adjacent to an activating group) is 1. The van der Waals surface area contributed by atoms with E-state index in [0.29, 0.717) is 24.0 Å². The molecule has 0 bridgehead atoms. The number of fused-ring (bicyclic) bond motifs is 1. The predicted octanol–water partition coefficient (Wildman–Crippen LogP) is 2.42. The molecule has 1 aromatic carbocycles. The number of carbonyl (C=O) groups is 1. The molecule has 9 nitrogen and oxygen atoms in total. The van der Waals surface area contributed by atoms with Crippen LogP contribution in [0.4, 0.5) is 4.39 Å². The second kappa shape index (κ2) is 9.29. The topological polar surface area (TPSA) is 126 Å². The summed E-state index contributed by atoms with van der Waals surface area (Å²) in [5, 5.41) is 27.4. The number of aromatic hydroxyl groups is 1. The van der Waals surface area contributed by atoms with Crippen molar-refractivity contribution in [2.75, 3.05) is 33.2 Å². The van der Waals surface area contributed by atoms with E-state index in [0.717, 1.165) is 13.1 Å². The molecule has 0 saturated carbocycles. The number of nitrogens with one attached hydrogen (secondary N) is 2. The van der Waals surface area contributed by atoms with Gasteiger partial charge in [-0.3, -0.25) is 20.6 Å². The van der Waals surface area contributed by atoms with Crippen molar-refractivity contribution >= 4 is 28.6 Å². The van der Waals surface area contributed by atoms with Crippen molar-refractivity contribution in [1.82, 2.24) is 19.8 Å². The molecule has 3 aromatic rings. The number of rotatable bonds is 4. The van der Waals surface area contributed by atoms with Gasteiger partial charge in [0, 0.05) is 44.2 Å². The van der Waals surface area contributed by atoms with E-state index in [4.69, 9.17) is 15.6 Å². The number of amides is 1. The van der Waals surface area contributed by atoms with Crippen LogP contribution in [-0.2, 0) is 11.2 Å². The summed E-state index contributed by atoms with van der Waals surface area (Å²) in [5.74, 6) is -1.99. The lowest BCUT2D eigenvalue weighted by Crippen LogP contribution is -2.47. The van der Waals surface area contributed by atoms with Crippen LogP contribution in [-0.4, -0.2) is 75.8 Å². The monoisotopic (exact) mass is 450 g/mol. The van der Waals surface area contributed by atoms with Gasteiger partial charge in [-0.2, -0.15) is 0 Å². The predicted molar refractivity (Wildman–Crippen MR) is 120 cm³/mol. The van der Waals surface area contributed by atoms with Gasteiger partial charge in [0.05, 0.1) is 0 Å². The zero-order valence-electron chi connectivity index (χ0n) is 18.0. The first-order chi connectivity index (χ1) is 15.8. The number of halogens is 1. The molecule has 0 atom stereocenters. The number of pyridine rings is 2. The Morgan fingerprint density at radius 1 is 1.12 bits per heavy atom. The highest BCUT2D eigenvalue weighted by Gasteiger charge is 2.27. The number of aromatic nitrogens is 2. The lowest BCUT2D eigenvalue weighted by Gasteiger charge is -2.32. The van der Waals surface area contributed by atoms with Crippen LogP contribution in [0.3, 0.4) is 0 Å². The number of carbonyl (C=O) groups excluding carboxylic acids is 1. The Morgan fingerprint density at radius 3 is 2.52 bits per heavy atom. The van der Waals surface area contributed by atoms with Crippen LogP contribution in [0.25, 0.3) is 10.9 Å². The Labute approximate surface area is 189 Å². The quantitative estimate of drug-likeness (QED) is 0.414. The first-order valence-corrected chi connectivity index (χ1v) is 10.4. The summed E-state index contributed by atoms with van der Waals surface area (Å²) in [7, 11) is 1.98. The second-order valence-electron chi connectivity index (χ2n) is 7.81. The van der Waals surface area contributed by atoms with Gasteiger partial charge in [-0.05, 0) is 36.9 Å². The first-order valence-electron chi connectivity index (χ1n) is 10.4. The molecule has 3 heterocycles. The van der Waals surface area contributed by atoms with Crippen molar-refractivity contribution in [2.45, 2.75) is 6.42 Å². The largest absolute Gasteiger partial charge is 0.504 e. The van der Waals surface area contributed by atoms with Gasteiger partial charge >= 0.3 is 0 Å². The molecule has 1 amide bonds. The zero-order valence-corrected chi connectivity index (χ0v) is 18.0. The van der Waals surface area contributed by atoms with Gasteiger partial charge in [-0.15, -0.1) is 0 Å². The van der Waals surface area contributed by atoms with Gasteiger partial charge in [-0.1, -0.05) is 12.1 Å². The maximum atomic E-state index is 13.2. The fourth-order valence-electron chi connectivity index (χ4n) is 3.60. The van der Waals surface area contributed by atoms with E-state index in [1.807, 2.05) is 7.05 Å². The lowest BCUT2D eigenvalue weighted by atomic mass is 10.1. The molecule has 0 radical (unpaired) electrons. The maximum Gasteiger partial charge on any atom is 0.273 e. The van der Waals surface area contributed by atoms with E-state index in [2.05, 4.69) is 14.9 Å². The summed E-state index contributed by atoms with van der Waals surface area (Å²) >= 11 is 0. The Kier molecular flexibility index (Phi) is 6.27. The molecular formula is C23H23FN6O3. The van der Waals surface area contributed by atoms with E-state index in [1.54, 1.807) is 17.0 Å². The average Bonchev–Trinajstić information content (AvgIpc) is 2.81. The molecule has 1 aliphatic heterocycles. The number of ether oxygens (including phenoxy) is 1. The summed E-state index contributed by atoms with van der Waals surface area (Å²) in [6.07, 6.45) is 1.49. The number of piperazine rings is 1. The van der Waals surface area contributed by atoms with Crippen molar-refractivity contribution < 1.29 is 19.0 Å². The molecule has 0 unspecified atom stereocenters. The fraction of sp³-hybridized carbons (Fsp3) is 0.261. The van der Waals surface area contributed by atoms with Crippen LogP contribution in [0.15, 0.2) is 42.6 Å². The average molecular weight is 450 g/mol. The minimum atomic E-state index is -0.584. The van der Waals surface area contributed by atoms with E-state index in [1.165, 1.54) is 30.5 Å². The minimum Gasteiger partial charge on any atom is -0.504 e. The minimum absolute atomic E-state index is 0.0162. The highest BCUT2D eigenvalue weighted by molar-refractivity contribution is 6.10. The van der Waals surface area contributed by atoms with Crippen molar-refractivity contribution in [2.24, 2.45) is 0 Å². The normalized spacial score (nSPS) is 14.3. The fourth-order valence-corrected chi connectivity index (χ4v) is 3.60. The van der Waals surface area contributed by atoms with Crippen LogP contribution in [0, 0.1) is 16.6 Å². The number of hydrogen-bond donors (Lipinski definition) is 3. The third kappa shape index (κ3) is 4.80. The Balaban J connectivity index is 1.62. The Hall–Kier alpha value is -3.92. The third-order valence-corrected chi connectivity index (χ3v) is 5.45. The molecule has 170 valence electrons. The van der Waals surface area contributed by atoms with E-state index in [9.17, 15) is 14.3 Å². The molecule has 0 aliphatic carbocycles. The number of benzene rings is 1. The zero-order chi connectivity index (χ0) is 23.5. The van der Waals surface area contributed by atoms with Gasteiger partial charge in [0.25, 0.3) is 5.91 Å². The van der Waals surface area contributed by atoms with Crippen LogP contribution in [0.2, 0.25) is 0 Å². The summed E-state index contributed by atoms with van der Waals surface area (Å²) in [6, 6.07) is 8.85. The molecule has 2 aromatic heterocycles. The van der Waals surface area contributed by atoms with Crippen LogP contribution in [0.1, 0.15) is 21.7 Å². The molecule has 1 fully saturated rings. The molecule has 10 heteroatoms.